The molecule has 0 saturated heterocycles. The van der Waals surface area contributed by atoms with Crippen LogP contribution in [0, 0.1) is 13.8 Å². The lowest BCUT2D eigenvalue weighted by molar-refractivity contribution is -0.137. The molecule has 2 rings (SSSR count). The van der Waals surface area contributed by atoms with E-state index in [1.165, 1.54) is 13.1 Å². The molecular formula is C27H36F3N5O3. The number of alkyl halides is 3. The predicted octanol–water partition coefficient (Wildman–Crippen LogP) is 3.28. The van der Waals surface area contributed by atoms with Gasteiger partial charge in [-0.15, -0.1) is 0 Å². The molecule has 0 aliphatic heterocycles. The third kappa shape index (κ3) is 9.70. The molecule has 11 heteroatoms. The van der Waals surface area contributed by atoms with Crippen LogP contribution in [-0.2, 0) is 22.3 Å². The minimum Gasteiger partial charge on any atom is -0.388 e. The van der Waals surface area contributed by atoms with Crippen molar-refractivity contribution in [2.75, 3.05) is 25.5 Å². The van der Waals surface area contributed by atoms with Crippen LogP contribution in [0.1, 0.15) is 53.4 Å². The molecule has 0 saturated carbocycles. The lowest BCUT2D eigenvalue weighted by Crippen LogP contribution is -2.56. The zero-order chi connectivity index (χ0) is 28.7. The minimum atomic E-state index is -4.64. The van der Waals surface area contributed by atoms with E-state index in [1.807, 2.05) is 46.8 Å². The number of carbonyl (C=O) groups excluding carboxylic acids is 3. The molecule has 208 valence electrons. The summed E-state index contributed by atoms with van der Waals surface area (Å²) in [7, 11) is 1.43. The van der Waals surface area contributed by atoms with Crippen molar-refractivity contribution < 1.29 is 27.6 Å². The van der Waals surface area contributed by atoms with Gasteiger partial charge >= 0.3 is 6.18 Å². The largest absolute Gasteiger partial charge is 0.416 e. The molecule has 0 aliphatic rings. The number of carbonyl (C=O) groups is 3. The molecule has 3 amide bonds. The van der Waals surface area contributed by atoms with Crippen LogP contribution in [0.3, 0.4) is 0 Å². The third-order valence-corrected chi connectivity index (χ3v) is 5.53. The maximum Gasteiger partial charge on any atom is 0.416 e. The van der Waals surface area contributed by atoms with E-state index in [4.69, 9.17) is 0 Å². The number of hydrogen-bond donors (Lipinski definition) is 5. The Morgan fingerprint density at radius 1 is 0.974 bits per heavy atom. The maximum atomic E-state index is 13.2. The Balaban J connectivity index is 2.05. The number of rotatable bonds is 10. The summed E-state index contributed by atoms with van der Waals surface area (Å²) < 4.78 is 39.5. The first-order valence-electron chi connectivity index (χ1n) is 12.2. The highest BCUT2D eigenvalue weighted by molar-refractivity contribution is 5.98. The van der Waals surface area contributed by atoms with Gasteiger partial charge in [0.2, 0.25) is 11.8 Å². The summed E-state index contributed by atoms with van der Waals surface area (Å²) in [6, 6.07) is 7.92. The van der Waals surface area contributed by atoms with Crippen LogP contribution < -0.4 is 26.6 Å². The first-order chi connectivity index (χ1) is 17.6. The average molecular weight is 536 g/mol. The van der Waals surface area contributed by atoms with Crippen LogP contribution in [0.4, 0.5) is 18.9 Å². The van der Waals surface area contributed by atoms with Crippen LogP contribution >= 0.6 is 0 Å². The van der Waals surface area contributed by atoms with Gasteiger partial charge < -0.3 is 26.6 Å². The lowest BCUT2D eigenvalue weighted by Gasteiger charge is -2.26. The van der Waals surface area contributed by atoms with Gasteiger partial charge in [0, 0.05) is 36.9 Å². The van der Waals surface area contributed by atoms with Crippen LogP contribution in [0.2, 0.25) is 0 Å². The first kappa shape index (κ1) is 30.6. The summed E-state index contributed by atoms with van der Waals surface area (Å²) in [5.41, 5.74) is 1.58. The highest BCUT2D eigenvalue weighted by Crippen LogP contribution is 2.31. The van der Waals surface area contributed by atoms with Crippen molar-refractivity contribution >= 4 is 23.4 Å². The monoisotopic (exact) mass is 535 g/mol. The van der Waals surface area contributed by atoms with Gasteiger partial charge in [0.15, 0.2) is 0 Å². The van der Waals surface area contributed by atoms with Gasteiger partial charge in [-0.1, -0.05) is 23.8 Å². The first-order valence-corrected chi connectivity index (χ1v) is 12.2. The predicted molar refractivity (Wildman–Crippen MR) is 141 cm³/mol. The molecule has 5 N–H and O–H groups in total. The van der Waals surface area contributed by atoms with Crippen LogP contribution in [0.25, 0.3) is 0 Å². The highest BCUT2D eigenvalue weighted by atomic mass is 19.4. The number of anilines is 1. The Kier molecular flexibility index (Phi) is 10.3. The molecule has 0 radical (unpaired) electrons. The van der Waals surface area contributed by atoms with Gasteiger partial charge in [-0.2, -0.15) is 13.2 Å². The topological polar surface area (TPSA) is 111 Å². The third-order valence-electron chi connectivity index (χ3n) is 5.53. The standard InChI is InChI=1S/C27H36F3N5O3/c1-16-7-8-18(17(2)9-16)13-32-14-22(25(38)35-26(3,4)5)34-23(36)15-33-24(37)19-10-20(27(28,29)30)12-21(11-19)31-6/h7-12,22,31-32H,13-15H2,1-6H3,(H,33,37)(H,34,36)(H,35,38)/t22-/m0/s1. The van der Waals surface area contributed by atoms with E-state index < -0.39 is 47.6 Å². The molecule has 2 aromatic carbocycles. The maximum absolute atomic E-state index is 13.2. The Morgan fingerprint density at radius 2 is 1.66 bits per heavy atom. The van der Waals surface area contributed by atoms with E-state index in [-0.39, 0.29) is 17.8 Å². The Labute approximate surface area is 221 Å². The van der Waals surface area contributed by atoms with Gasteiger partial charge in [-0.3, -0.25) is 14.4 Å². The van der Waals surface area contributed by atoms with E-state index in [9.17, 15) is 27.6 Å². The summed E-state index contributed by atoms with van der Waals surface area (Å²) in [4.78, 5) is 38.0. The van der Waals surface area contributed by atoms with Crippen molar-refractivity contribution in [2.24, 2.45) is 0 Å². The zero-order valence-electron chi connectivity index (χ0n) is 22.5. The van der Waals surface area contributed by atoms with Gasteiger partial charge in [0.25, 0.3) is 5.91 Å². The van der Waals surface area contributed by atoms with Crippen LogP contribution in [-0.4, -0.2) is 49.4 Å². The van der Waals surface area contributed by atoms with Crippen molar-refractivity contribution in [3.05, 3.63) is 64.2 Å². The summed E-state index contributed by atoms with van der Waals surface area (Å²) in [5, 5.41) is 13.5. The Bertz CT molecular complexity index is 1160. The summed E-state index contributed by atoms with van der Waals surface area (Å²) in [5.74, 6) is -1.94. The number of aryl methyl sites for hydroxylation is 2. The second kappa shape index (κ2) is 12.8. The minimum absolute atomic E-state index is 0.100. The molecule has 2 aromatic rings. The number of nitrogens with one attached hydrogen (secondary N) is 5. The molecule has 38 heavy (non-hydrogen) atoms. The molecule has 0 spiro atoms. The van der Waals surface area contributed by atoms with Crippen molar-refractivity contribution in [2.45, 2.75) is 58.9 Å². The second-order valence-electron chi connectivity index (χ2n) is 10.1. The molecule has 0 heterocycles. The molecular weight excluding hydrogens is 499 g/mol. The molecule has 0 aromatic heterocycles. The summed E-state index contributed by atoms with van der Waals surface area (Å²) >= 11 is 0. The fraction of sp³-hybridized carbons (Fsp3) is 0.444. The van der Waals surface area contributed by atoms with Gasteiger partial charge in [-0.25, -0.2) is 0 Å². The quantitative estimate of drug-likeness (QED) is 0.321. The van der Waals surface area contributed by atoms with Gasteiger partial charge in [0.05, 0.1) is 12.1 Å². The highest BCUT2D eigenvalue weighted by Gasteiger charge is 2.32. The zero-order valence-corrected chi connectivity index (χ0v) is 22.5. The Morgan fingerprint density at radius 3 is 2.24 bits per heavy atom. The van der Waals surface area contributed by atoms with E-state index in [0.29, 0.717) is 12.6 Å². The number of benzene rings is 2. The van der Waals surface area contributed by atoms with E-state index in [2.05, 4.69) is 32.7 Å². The van der Waals surface area contributed by atoms with E-state index >= 15 is 0 Å². The van der Waals surface area contributed by atoms with E-state index in [0.717, 1.165) is 22.8 Å². The summed E-state index contributed by atoms with van der Waals surface area (Å²) in [6.07, 6.45) is -4.64. The van der Waals surface area contributed by atoms with Crippen molar-refractivity contribution in [3.8, 4) is 0 Å². The fourth-order valence-electron chi connectivity index (χ4n) is 3.64. The smallest absolute Gasteiger partial charge is 0.388 e. The van der Waals surface area contributed by atoms with Crippen molar-refractivity contribution in [3.63, 3.8) is 0 Å². The van der Waals surface area contributed by atoms with Crippen molar-refractivity contribution in [1.82, 2.24) is 21.3 Å². The fourth-order valence-corrected chi connectivity index (χ4v) is 3.64. The van der Waals surface area contributed by atoms with Crippen molar-refractivity contribution in [1.29, 1.82) is 0 Å². The van der Waals surface area contributed by atoms with E-state index in [1.54, 1.807) is 0 Å². The lowest BCUT2D eigenvalue weighted by atomic mass is 10.1. The second-order valence-corrected chi connectivity index (χ2v) is 10.1. The SMILES string of the molecule is CNc1cc(C(=O)NCC(=O)N[C@@H](CNCc2ccc(C)cc2C)C(=O)NC(C)(C)C)cc(C(F)(F)F)c1. The van der Waals surface area contributed by atoms with Crippen LogP contribution in [0.15, 0.2) is 36.4 Å². The number of amides is 3. The van der Waals surface area contributed by atoms with Gasteiger partial charge in [0.1, 0.15) is 6.04 Å². The van der Waals surface area contributed by atoms with Gasteiger partial charge in [-0.05, 0) is 63.9 Å². The normalized spacial score (nSPS) is 12.4. The number of halogens is 3. The molecule has 0 bridgehead atoms. The molecule has 8 nitrogen and oxygen atoms in total. The molecule has 0 unspecified atom stereocenters. The molecule has 0 fully saturated rings. The summed E-state index contributed by atoms with van der Waals surface area (Å²) in [6.45, 7) is 9.47. The number of hydrogen-bond acceptors (Lipinski definition) is 5. The Hall–Kier alpha value is -3.60. The molecule has 1 atom stereocenters. The van der Waals surface area contributed by atoms with Crippen LogP contribution in [0.5, 0.6) is 0 Å². The average Bonchev–Trinajstić information content (AvgIpc) is 2.81. The molecule has 0 aliphatic carbocycles.